The molecule has 0 aromatic heterocycles. The molecule has 5 nitrogen and oxygen atoms in total. The fourth-order valence-electron chi connectivity index (χ4n) is 3.50. The molecule has 1 aromatic carbocycles. The van der Waals surface area contributed by atoms with Crippen LogP contribution >= 0.6 is 11.8 Å². The summed E-state index contributed by atoms with van der Waals surface area (Å²) in [6, 6.07) is 8.63. The average Bonchev–Trinajstić information content (AvgIpc) is 2.63. The molecular weight excluding hydrogens is 322 g/mol. The number of hydrogen-bond donors (Lipinski definition) is 1. The number of nitrogens with zero attached hydrogens (tertiary/aromatic N) is 3. The molecule has 24 heavy (non-hydrogen) atoms. The van der Waals surface area contributed by atoms with Crippen LogP contribution in [0.2, 0.25) is 0 Å². The number of para-hydroxylation sites is 1. The number of anilines is 1. The number of aliphatic hydroxyl groups is 1. The Kier molecular flexibility index (Phi) is 6.80. The SMILES string of the molecule is CSc1ccccc1N1CCN(CC(O)CN2CCOCC2)CC1. The topological polar surface area (TPSA) is 39.2 Å². The Hall–Kier alpha value is -0.790. The van der Waals surface area contributed by atoms with E-state index in [-0.39, 0.29) is 6.10 Å². The average molecular weight is 352 g/mol. The minimum atomic E-state index is -0.270. The Morgan fingerprint density at radius 3 is 2.29 bits per heavy atom. The number of hydrogen-bond acceptors (Lipinski definition) is 6. The maximum Gasteiger partial charge on any atom is 0.0793 e. The standard InChI is InChI=1S/C18H29N3O2S/c1-24-18-5-3-2-4-17(18)21-8-6-19(7-9-21)14-16(22)15-20-10-12-23-13-11-20/h2-5,16,22H,6-15H2,1H3. The van der Waals surface area contributed by atoms with Crippen molar-refractivity contribution in [2.75, 3.05) is 76.7 Å². The van der Waals surface area contributed by atoms with Gasteiger partial charge in [0.15, 0.2) is 0 Å². The Morgan fingerprint density at radius 1 is 1.00 bits per heavy atom. The summed E-state index contributed by atoms with van der Waals surface area (Å²) in [4.78, 5) is 8.51. The van der Waals surface area contributed by atoms with Crippen LogP contribution in [0, 0.1) is 0 Å². The molecule has 0 aliphatic carbocycles. The van der Waals surface area contributed by atoms with Crippen molar-refractivity contribution in [3.05, 3.63) is 24.3 Å². The summed E-state index contributed by atoms with van der Waals surface area (Å²) in [5.41, 5.74) is 1.35. The van der Waals surface area contributed by atoms with E-state index in [1.54, 1.807) is 0 Å². The van der Waals surface area contributed by atoms with Gasteiger partial charge in [0, 0.05) is 57.3 Å². The van der Waals surface area contributed by atoms with Gasteiger partial charge in [-0.3, -0.25) is 9.80 Å². The fraction of sp³-hybridized carbons (Fsp3) is 0.667. The van der Waals surface area contributed by atoms with Crippen LogP contribution in [-0.4, -0.2) is 92.8 Å². The van der Waals surface area contributed by atoms with Gasteiger partial charge in [-0.15, -0.1) is 11.8 Å². The Labute approximate surface area is 149 Å². The molecule has 2 fully saturated rings. The lowest BCUT2D eigenvalue weighted by Gasteiger charge is -2.38. The van der Waals surface area contributed by atoms with Gasteiger partial charge in [0.2, 0.25) is 0 Å². The second-order valence-electron chi connectivity index (χ2n) is 6.53. The van der Waals surface area contributed by atoms with Crippen molar-refractivity contribution in [3.63, 3.8) is 0 Å². The predicted octanol–water partition coefficient (Wildman–Crippen LogP) is 1.22. The third-order valence-corrected chi connectivity index (χ3v) is 5.62. The van der Waals surface area contributed by atoms with Crippen molar-refractivity contribution in [2.24, 2.45) is 0 Å². The van der Waals surface area contributed by atoms with E-state index in [4.69, 9.17) is 4.74 Å². The normalized spacial score (nSPS) is 21.8. The van der Waals surface area contributed by atoms with Crippen molar-refractivity contribution in [3.8, 4) is 0 Å². The molecule has 0 spiro atoms. The predicted molar refractivity (Wildman–Crippen MR) is 100 cm³/mol. The lowest BCUT2D eigenvalue weighted by Crippen LogP contribution is -2.51. The van der Waals surface area contributed by atoms with Crippen LogP contribution in [0.15, 0.2) is 29.2 Å². The summed E-state index contributed by atoms with van der Waals surface area (Å²) in [6.07, 6.45) is 1.87. The summed E-state index contributed by atoms with van der Waals surface area (Å²) < 4.78 is 5.36. The highest BCUT2D eigenvalue weighted by molar-refractivity contribution is 7.98. The third kappa shape index (κ3) is 4.86. The first-order valence-electron chi connectivity index (χ1n) is 8.85. The second kappa shape index (κ2) is 9.06. The molecule has 3 rings (SSSR count). The molecule has 1 N–H and O–H groups in total. The summed E-state index contributed by atoms with van der Waals surface area (Å²) in [7, 11) is 0. The zero-order valence-electron chi connectivity index (χ0n) is 14.6. The van der Waals surface area contributed by atoms with Crippen molar-refractivity contribution in [1.29, 1.82) is 0 Å². The molecule has 1 unspecified atom stereocenters. The van der Waals surface area contributed by atoms with Crippen LogP contribution in [-0.2, 0) is 4.74 Å². The van der Waals surface area contributed by atoms with Gasteiger partial charge in [-0.25, -0.2) is 0 Å². The van der Waals surface area contributed by atoms with Gasteiger partial charge in [-0.05, 0) is 18.4 Å². The summed E-state index contributed by atoms with van der Waals surface area (Å²) in [6.45, 7) is 9.09. The van der Waals surface area contributed by atoms with Gasteiger partial charge in [-0.1, -0.05) is 12.1 Å². The molecule has 2 aliphatic rings. The monoisotopic (exact) mass is 351 g/mol. The van der Waals surface area contributed by atoms with Crippen molar-refractivity contribution in [2.45, 2.75) is 11.0 Å². The summed E-state index contributed by atoms with van der Waals surface area (Å²) >= 11 is 1.81. The number of benzene rings is 1. The number of aliphatic hydroxyl groups excluding tert-OH is 1. The molecule has 6 heteroatoms. The molecule has 0 radical (unpaired) electrons. The fourth-order valence-corrected chi connectivity index (χ4v) is 4.12. The second-order valence-corrected chi connectivity index (χ2v) is 7.37. The van der Waals surface area contributed by atoms with Crippen molar-refractivity contribution in [1.82, 2.24) is 9.80 Å². The van der Waals surface area contributed by atoms with Crippen LogP contribution < -0.4 is 4.90 Å². The quantitative estimate of drug-likeness (QED) is 0.777. The molecular formula is C18H29N3O2S. The van der Waals surface area contributed by atoms with E-state index < -0.39 is 0 Å². The van der Waals surface area contributed by atoms with E-state index in [1.807, 2.05) is 11.8 Å². The highest BCUT2D eigenvalue weighted by atomic mass is 32.2. The maximum atomic E-state index is 10.4. The molecule has 0 bridgehead atoms. The van der Waals surface area contributed by atoms with E-state index >= 15 is 0 Å². The molecule has 1 aromatic rings. The molecule has 2 aliphatic heterocycles. The van der Waals surface area contributed by atoms with Crippen molar-refractivity contribution >= 4 is 17.4 Å². The highest BCUT2D eigenvalue weighted by Gasteiger charge is 2.22. The number of rotatable bonds is 6. The third-order valence-electron chi connectivity index (χ3n) is 4.84. The van der Waals surface area contributed by atoms with Crippen LogP contribution in [0.4, 0.5) is 5.69 Å². The van der Waals surface area contributed by atoms with Crippen LogP contribution in [0.25, 0.3) is 0 Å². The number of thioether (sulfide) groups is 1. The molecule has 2 saturated heterocycles. The van der Waals surface area contributed by atoms with Crippen molar-refractivity contribution < 1.29 is 9.84 Å². The largest absolute Gasteiger partial charge is 0.390 e. The van der Waals surface area contributed by atoms with Gasteiger partial charge >= 0.3 is 0 Å². The first-order valence-corrected chi connectivity index (χ1v) is 10.1. The molecule has 134 valence electrons. The number of ether oxygens (including phenoxy) is 1. The zero-order chi connectivity index (χ0) is 16.8. The van der Waals surface area contributed by atoms with Crippen LogP contribution in [0.3, 0.4) is 0 Å². The minimum absolute atomic E-state index is 0.270. The van der Waals surface area contributed by atoms with Gasteiger partial charge < -0.3 is 14.7 Å². The van der Waals surface area contributed by atoms with E-state index in [9.17, 15) is 5.11 Å². The number of β-amino-alcohol motifs (C(OH)–C–C–N with tert-alkyl or cyclic N) is 1. The molecule has 2 heterocycles. The molecule has 1 atom stereocenters. The van der Waals surface area contributed by atoms with E-state index in [0.29, 0.717) is 0 Å². The smallest absolute Gasteiger partial charge is 0.0793 e. The van der Waals surface area contributed by atoms with Gasteiger partial charge in [0.1, 0.15) is 0 Å². The van der Waals surface area contributed by atoms with Gasteiger partial charge in [0.05, 0.1) is 25.0 Å². The Balaban J connectivity index is 1.44. The first-order chi connectivity index (χ1) is 11.8. The maximum absolute atomic E-state index is 10.4. The minimum Gasteiger partial charge on any atom is -0.390 e. The Bertz CT molecular complexity index is 503. The van der Waals surface area contributed by atoms with E-state index in [2.05, 4.69) is 45.2 Å². The molecule has 0 amide bonds. The zero-order valence-corrected chi connectivity index (χ0v) is 15.4. The van der Waals surface area contributed by atoms with E-state index in [0.717, 1.165) is 65.6 Å². The van der Waals surface area contributed by atoms with Gasteiger partial charge in [-0.2, -0.15) is 0 Å². The highest BCUT2D eigenvalue weighted by Crippen LogP contribution is 2.28. The van der Waals surface area contributed by atoms with Crippen LogP contribution in [0.5, 0.6) is 0 Å². The summed E-state index contributed by atoms with van der Waals surface area (Å²) in [5.74, 6) is 0. The lowest BCUT2D eigenvalue weighted by molar-refractivity contribution is 0.00655. The first kappa shape index (κ1) is 18.0. The van der Waals surface area contributed by atoms with Gasteiger partial charge in [0.25, 0.3) is 0 Å². The lowest BCUT2D eigenvalue weighted by atomic mass is 10.2. The number of morpholine rings is 1. The number of piperazine rings is 1. The molecule has 0 saturated carbocycles. The Morgan fingerprint density at radius 2 is 1.62 bits per heavy atom. The van der Waals surface area contributed by atoms with E-state index in [1.165, 1.54) is 10.6 Å². The van der Waals surface area contributed by atoms with Crippen LogP contribution in [0.1, 0.15) is 0 Å². The summed E-state index contributed by atoms with van der Waals surface area (Å²) in [5, 5.41) is 10.4.